The Balaban J connectivity index is 1.73. The van der Waals surface area contributed by atoms with E-state index in [0.29, 0.717) is 13.2 Å². The second-order valence-corrected chi connectivity index (χ2v) is 6.05. The van der Waals surface area contributed by atoms with Crippen LogP contribution in [0, 0.1) is 11.7 Å². The fourth-order valence-electron chi connectivity index (χ4n) is 2.42. The normalized spacial score (nSPS) is 12.0. The van der Waals surface area contributed by atoms with E-state index in [2.05, 4.69) is 5.32 Å². The molecule has 0 saturated carbocycles. The van der Waals surface area contributed by atoms with Gasteiger partial charge < -0.3 is 14.8 Å². The van der Waals surface area contributed by atoms with Crippen molar-refractivity contribution in [3.8, 4) is 5.75 Å². The van der Waals surface area contributed by atoms with Crippen LogP contribution >= 0.6 is 0 Å². The minimum atomic E-state index is -0.292. The first-order chi connectivity index (χ1) is 12.1. The summed E-state index contributed by atoms with van der Waals surface area (Å²) in [7, 11) is 0. The van der Waals surface area contributed by atoms with Gasteiger partial charge in [-0.3, -0.25) is 4.79 Å². The molecular weight excluding hydrogens is 321 g/mol. The lowest BCUT2D eigenvalue weighted by atomic mass is 9.96. The van der Waals surface area contributed by atoms with Gasteiger partial charge in [0.1, 0.15) is 24.8 Å². The number of carbonyl (C=O) groups is 1. The number of ether oxygens (including phenoxy) is 2. The topological polar surface area (TPSA) is 47.6 Å². The summed E-state index contributed by atoms with van der Waals surface area (Å²) in [6.45, 7) is 4.67. The maximum absolute atomic E-state index is 13.1. The van der Waals surface area contributed by atoms with Crippen molar-refractivity contribution < 1.29 is 18.7 Å². The second-order valence-electron chi connectivity index (χ2n) is 6.05. The van der Waals surface area contributed by atoms with Crippen molar-refractivity contribution in [2.24, 2.45) is 5.92 Å². The van der Waals surface area contributed by atoms with E-state index in [-0.39, 0.29) is 30.3 Å². The van der Waals surface area contributed by atoms with Gasteiger partial charge in [-0.1, -0.05) is 44.2 Å². The molecule has 0 spiro atoms. The fraction of sp³-hybridized carbons (Fsp3) is 0.350. The lowest BCUT2D eigenvalue weighted by Gasteiger charge is -2.23. The predicted octanol–water partition coefficient (Wildman–Crippen LogP) is 3.73. The molecule has 2 aromatic carbocycles. The first kappa shape index (κ1) is 18.9. The van der Waals surface area contributed by atoms with Gasteiger partial charge >= 0.3 is 0 Å². The molecule has 1 amide bonds. The van der Waals surface area contributed by atoms with Gasteiger partial charge in [-0.2, -0.15) is 0 Å². The lowest BCUT2D eigenvalue weighted by Crippen LogP contribution is -2.34. The Morgan fingerprint density at radius 2 is 1.72 bits per heavy atom. The summed E-state index contributed by atoms with van der Waals surface area (Å²) in [5.41, 5.74) is 0.872. The average molecular weight is 345 g/mol. The molecule has 0 bridgehead atoms. The van der Waals surface area contributed by atoms with Crippen LogP contribution in [0.2, 0.25) is 0 Å². The molecule has 0 aromatic heterocycles. The van der Waals surface area contributed by atoms with Crippen LogP contribution in [0.25, 0.3) is 0 Å². The van der Waals surface area contributed by atoms with Gasteiger partial charge in [-0.25, -0.2) is 4.39 Å². The highest BCUT2D eigenvalue weighted by Crippen LogP contribution is 2.21. The fourth-order valence-corrected chi connectivity index (χ4v) is 2.42. The summed E-state index contributed by atoms with van der Waals surface area (Å²) in [6.07, 6.45) is 0. The van der Waals surface area contributed by atoms with Crippen molar-refractivity contribution in [1.82, 2.24) is 5.32 Å². The molecular formula is C20H24FNO3. The largest absolute Gasteiger partial charge is 0.491 e. The molecule has 0 unspecified atom stereocenters. The highest BCUT2D eigenvalue weighted by molar-refractivity contribution is 5.77. The number of para-hydroxylation sites is 1. The Morgan fingerprint density at radius 1 is 1.04 bits per heavy atom. The molecule has 1 N–H and O–H groups in total. The standard InChI is InChI=1S/C20H24FNO3/c1-15(2)20(16-8-10-17(21)11-9-16)22-19(23)14-24-12-13-25-18-6-4-3-5-7-18/h3-11,15,20H,12-14H2,1-2H3,(H,22,23)/t20-/m0/s1. The first-order valence-corrected chi connectivity index (χ1v) is 8.36. The minimum Gasteiger partial charge on any atom is -0.491 e. The molecule has 4 nitrogen and oxygen atoms in total. The van der Waals surface area contributed by atoms with Crippen molar-refractivity contribution in [3.05, 3.63) is 66.0 Å². The first-order valence-electron chi connectivity index (χ1n) is 8.36. The third-order valence-corrected chi connectivity index (χ3v) is 3.69. The third-order valence-electron chi connectivity index (χ3n) is 3.69. The predicted molar refractivity (Wildman–Crippen MR) is 94.9 cm³/mol. The van der Waals surface area contributed by atoms with E-state index in [1.54, 1.807) is 12.1 Å². The maximum atomic E-state index is 13.1. The van der Waals surface area contributed by atoms with E-state index in [9.17, 15) is 9.18 Å². The molecule has 2 aromatic rings. The number of hydrogen-bond acceptors (Lipinski definition) is 3. The number of amides is 1. The zero-order valence-electron chi connectivity index (χ0n) is 14.6. The van der Waals surface area contributed by atoms with E-state index >= 15 is 0 Å². The molecule has 0 saturated heterocycles. The Labute approximate surface area is 148 Å². The summed E-state index contributed by atoms with van der Waals surface area (Å²) >= 11 is 0. The van der Waals surface area contributed by atoms with Crippen molar-refractivity contribution in [2.75, 3.05) is 19.8 Å². The number of carbonyl (C=O) groups excluding carboxylic acids is 1. The van der Waals surface area contributed by atoms with Gasteiger partial charge in [0.05, 0.1) is 12.6 Å². The van der Waals surface area contributed by atoms with Crippen LogP contribution in [-0.4, -0.2) is 25.7 Å². The number of hydrogen-bond donors (Lipinski definition) is 1. The van der Waals surface area contributed by atoms with Crippen LogP contribution in [0.5, 0.6) is 5.75 Å². The molecule has 2 rings (SSSR count). The number of benzene rings is 2. The monoisotopic (exact) mass is 345 g/mol. The molecule has 1 atom stereocenters. The Hall–Kier alpha value is -2.40. The van der Waals surface area contributed by atoms with Crippen molar-refractivity contribution in [1.29, 1.82) is 0 Å². The van der Waals surface area contributed by atoms with Crippen LogP contribution in [0.15, 0.2) is 54.6 Å². The average Bonchev–Trinajstić information content (AvgIpc) is 2.61. The van der Waals surface area contributed by atoms with Crippen molar-refractivity contribution in [3.63, 3.8) is 0 Å². The van der Waals surface area contributed by atoms with Crippen molar-refractivity contribution in [2.45, 2.75) is 19.9 Å². The van der Waals surface area contributed by atoms with Gasteiger partial charge in [0.15, 0.2) is 0 Å². The second kappa shape index (κ2) is 9.79. The number of halogens is 1. The summed E-state index contributed by atoms with van der Waals surface area (Å²) in [4.78, 5) is 12.1. The molecule has 0 radical (unpaired) electrons. The molecule has 0 aliphatic heterocycles. The van der Waals surface area contributed by atoms with Gasteiger partial charge in [0.25, 0.3) is 0 Å². The van der Waals surface area contributed by atoms with Gasteiger partial charge in [0, 0.05) is 0 Å². The van der Waals surface area contributed by atoms with Crippen molar-refractivity contribution >= 4 is 5.91 Å². The summed E-state index contributed by atoms with van der Waals surface area (Å²) in [5, 5.41) is 2.93. The van der Waals surface area contributed by atoms with Gasteiger partial charge in [0.2, 0.25) is 5.91 Å². The molecule has 0 heterocycles. The van der Waals surface area contributed by atoms with Gasteiger partial charge in [-0.05, 0) is 35.7 Å². The SMILES string of the molecule is CC(C)[C@H](NC(=O)COCCOc1ccccc1)c1ccc(F)cc1. The van der Waals surface area contributed by atoms with E-state index in [4.69, 9.17) is 9.47 Å². The molecule has 134 valence electrons. The Bertz CT molecular complexity index is 644. The molecule has 5 heteroatoms. The summed E-state index contributed by atoms with van der Waals surface area (Å²) in [6, 6.07) is 15.4. The van der Waals surface area contributed by atoms with E-state index in [1.807, 2.05) is 44.2 Å². The van der Waals surface area contributed by atoms with Crippen LogP contribution in [0.4, 0.5) is 4.39 Å². The van der Waals surface area contributed by atoms with E-state index < -0.39 is 0 Å². The van der Waals surface area contributed by atoms with Gasteiger partial charge in [-0.15, -0.1) is 0 Å². The molecule has 0 aliphatic carbocycles. The highest BCUT2D eigenvalue weighted by Gasteiger charge is 2.18. The molecule has 25 heavy (non-hydrogen) atoms. The minimum absolute atomic E-state index is 0.0391. The third kappa shape index (κ3) is 6.55. The maximum Gasteiger partial charge on any atom is 0.246 e. The van der Waals surface area contributed by atoms with E-state index in [1.165, 1.54) is 12.1 Å². The molecule has 0 aliphatic rings. The zero-order chi connectivity index (χ0) is 18.1. The molecule has 0 fully saturated rings. The Morgan fingerprint density at radius 3 is 2.36 bits per heavy atom. The highest BCUT2D eigenvalue weighted by atomic mass is 19.1. The van der Waals surface area contributed by atoms with Crippen LogP contribution < -0.4 is 10.1 Å². The summed E-state index contributed by atoms with van der Waals surface area (Å²) in [5.74, 6) is 0.449. The quantitative estimate of drug-likeness (QED) is 0.705. The van der Waals surface area contributed by atoms with Crippen LogP contribution in [0.3, 0.4) is 0 Å². The van der Waals surface area contributed by atoms with Crippen LogP contribution in [-0.2, 0) is 9.53 Å². The summed E-state index contributed by atoms with van der Waals surface area (Å²) < 4.78 is 23.9. The van der Waals surface area contributed by atoms with E-state index in [0.717, 1.165) is 11.3 Å². The van der Waals surface area contributed by atoms with Crippen LogP contribution in [0.1, 0.15) is 25.5 Å². The number of nitrogens with one attached hydrogen (secondary N) is 1. The zero-order valence-corrected chi connectivity index (χ0v) is 14.6. The Kier molecular flexibility index (Phi) is 7.41. The number of rotatable bonds is 9. The smallest absolute Gasteiger partial charge is 0.246 e. The lowest BCUT2D eigenvalue weighted by molar-refractivity contribution is -0.127.